The summed E-state index contributed by atoms with van der Waals surface area (Å²) in [4.78, 5) is 48.6. The highest BCUT2D eigenvalue weighted by atomic mass is 127. The Morgan fingerprint density at radius 3 is 2.43 bits per heavy atom. The normalized spacial score (nSPS) is 21.6. The van der Waals surface area contributed by atoms with E-state index < -0.39 is 42.4 Å². The van der Waals surface area contributed by atoms with E-state index in [1.165, 1.54) is 33.5 Å². The lowest BCUT2D eigenvalue weighted by Crippen LogP contribution is -2.40. The van der Waals surface area contributed by atoms with Crippen molar-refractivity contribution in [3.05, 3.63) is 10.2 Å². The largest absolute Gasteiger partial charge is 0.463 e. The zero-order chi connectivity index (χ0) is 25.5. The molecule has 3 rings (SSSR count). The van der Waals surface area contributed by atoms with Crippen LogP contribution in [-0.4, -0.2) is 68.9 Å². The SMILES string of the molecule is CCCCCCNc1nc(I)nc2c1ncn2[C@@H]1O[C@H](COC(C)=O)[C@@H](OC(C)=O)[C@H]1OC(C)=O. The number of esters is 3. The molecule has 0 saturated carbocycles. The zero-order valence-electron chi connectivity index (χ0n) is 20.2. The van der Waals surface area contributed by atoms with Crippen molar-refractivity contribution in [2.24, 2.45) is 0 Å². The van der Waals surface area contributed by atoms with E-state index in [2.05, 4.69) is 27.2 Å². The van der Waals surface area contributed by atoms with E-state index in [-0.39, 0.29) is 6.61 Å². The van der Waals surface area contributed by atoms with E-state index in [0.717, 1.165) is 25.8 Å². The summed E-state index contributed by atoms with van der Waals surface area (Å²) in [6.45, 7) is 6.46. The molecule has 1 saturated heterocycles. The number of aromatic nitrogens is 4. The van der Waals surface area contributed by atoms with Crippen molar-refractivity contribution >= 4 is 57.5 Å². The number of halogens is 1. The summed E-state index contributed by atoms with van der Waals surface area (Å²) >= 11 is 2.02. The Labute approximate surface area is 216 Å². The number of rotatable bonds is 11. The van der Waals surface area contributed by atoms with Crippen LogP contribution in [0.15, 0.2) is 6.33 Å². The standard InChI is InChI=1S/C22H30IN5O7/c1-5-6-7-8-9-24-19-16-20(27-22(23)26-19)28(11-25-16)21-18(34-14(4)31)17(33-13(3)30)15(35-21)10-32-12(2)29/h11,15,17-18,21H,5-10H2,1-4H3,(H,24,26,27)/t15-,17-,18-,21-/m1/s1. The lowest BCUT2D eigenvalue weighted by Gasteiger charge is -2.23. The average molecular weight is 603 g/mol. The summed E-state index contributed by atoms with van der Waals surface area (Å²) < 4.78 is 24.2. The quantitative estimate of drug-likeness (QED) is 0.133. The Morgan fingerprint density at radius 1 is 1.06 bits per heavy atom. The van der Waals surface area contributed by atoms with Crippen LogP contribution in [0.1, 0.15) is 59.6 Å². The van der Waals surface area contributed by atoms with Crippen LogP contribution in [0.2, 0.25) is 0 Å². The molecule has 13 heteroatoms. The molecule has 1 N–H and O–H groups in total. The van der Waals surface area contributed by atoms with Gasteiger partial charge in [-0.25, -0.2) is 15.0 Å². The van der Waals surface area contributed by atoms with Crippen LogP contribution >= 0.6 is 22.6 Å². The number of imidazole rings is 1. The molecule has 0 aromatic carbocycles. The van der Waals surface area contributed by atoms with Crippen LogP contribution in [0.3, 0.4) is 0 Å². The first-order valence-electron chi connectivity index (χ1n) is 11.5. The first-order chi connectivity index (χ1) is 16.7. The number of fused-ring (bicyclic) bond motifs is 1. The number of carbonyl (C=O) groups excluding carboxylic acids is 3. The number of hydrogen-bond donors (Lipinski definition) is 1. The smallest absolute Gasteiger partial charge is 0.303 e. The summed E-state index contributed by atoms with van der Waals surface area (Å²) in [5.41, 5.74) is 0.982. The second kappa shape index (κ2) is 12.4. The van der Waals surface area contributed by atoms with Gasteiger partial charge in [0.1, 0.15) is 12.7 Å². The van der Waals surface area contributed by atoms with Crippen molar-refractivity contribution in [3.63, 3.8) is 0 Å². The molecule has 1 fully saturated rings. The summed E-state index contributed by atoms with van der Waals surface area (Å²) in [5, 5.41) is 3.33. The molecule has 0 unspecified atom stereocenters. The van der Waals surface area contributed by atoms with E-state index in [4.69, 9.17) is 18.9 Å². The van der Waals surface area contributed by atoms with Crippen molar-refractivity contribution in [2.45, 2.75) is 77.9 Å². The summed E-state index contributed by atoms with van der Waals surface area (Å²) in [5.74, 6) is -1.11. The van der Waals surface area contributed by atoms with Crippen molar-refractivity contribution < 1.29 is 33.3 Å². The van der Waals surface area contributed by atoms with Crippen molar-refractivity contribution in [3.8, 4) is 0 Å². The second-order valence-corrected chi connectivity index (χ2v) is 9.13. The number of ether oxygens (including phenoxy) is 4. The van der Waals surface area contributed by atoms with Crippen LogP contribution in [-0.2, 0) is 33.3 Å². The third-order valence-corrected chi connectivity index (χ3v) is 5.81. The first kappa shape index (κ1) is 27.0. The molecule has 35 heavy (non-hydrogen) atoms. The van der Waals surface area contributed by atoms with Gasteiger partial charge in [-0.2, -0.15) is 0 Å². The Morgan fingerprint density at radius 2 is 1.77 bits per heavy atom. The number of hydrogen-bond acceptors (Lipinski definition) is 11. The predicted octanol–water partition coefficient (Wildman–Crippen LogP) is 2.75. The van der Waals surface area contributed by atoms with E-state index in [0.29, 0.717) is 20.8 Å². The van der Waals surface area contributed by atoms with Gasteiger partial charge in [0.2, 0.25) is 0 Å². The number of anilines is 1. The third kappa shape index (κ3) is 6.99. The fourth-order valence-electron chi connectivity index (χ4n) is 3.87. The maximum absolute atomic E-state index is 11.9. The molecule has 1 aliphatic heterocycles. The first-order valence-corrected chi connectivity index (χ1v) is 12.6. The third-order valence-electron chi connectivity index (χ3n) is 5.33. The molecule has 1 aliphatic rings. The molecule has 0 amide bonds. The van der Waals surface area contributed by atoms with Gasteiger partial charge in [-0.3, -0.25) is 19.0 Å². The van der Waals surface area contributed by atoms with Gasteiger partial charge in [-0.1, -0.05) is 26.2 Å². The van der Waals surface area contributed by atoms with Gasteiger partial charge in [0.15, 0.2) is 39.2 Å². The van der Waals surface area contributed by atoms with Gasteiger partial charge in [0, 0.05) is 49.9 Å². The molecule has 4 atom stereocenters. The molecular weight excluding hydrogens is 573 g/mol. The molecule has 2 aromatic rings. The zero-order valence-corrected chi connectivity index (χ0v) is 22.3. The molecule has 0 aliphatic carbocycles. The van der Waals surface area contributed by atoms with Gasteiger partial charge < -0.3 is 24.3 Å². The average Bonchev–Trinajstić information content (AvgIpc) is 3.33. The highest BCUT2D eigenvalue weighted by molar-refractivity contribution is 14.1. The van der Waals surface area contributed by atoms with Gasteiger partial charge in [0.25, 0.3) is 0 Å². The van der Waals surface area contributed by atoms with Crippen LogP contribution in [0.4, 0.5) is 5.82 Å². The van der Waals surface area contributed by atoms with Crippen molar-refractivity contribution in [1.29, 1.82) is 0 Å². The molecule has 0 spiro atoms. The second-order valence-electron chi connectivity index (χ2n) is 8.17. The fraction of sp³-hybridized carbons (Fsp3) is 0.636. The minimum atomic E-state index is -1.02. The van der Waals surface area contributed by atoms with Gasteiger partial charge in [-0.05, 0) is 6.42 Å². The molecule has 192 valence electrons. The molecular formula is C22H30IN5O7. The maximum Gasteiger partial charge on any atom is 0.303 e. The van der Waals surface area contributed by atoms with E-state index >= 15 is 0 Å². The minimum absolute atomic E-state index is 0.189. The van der Waals surface area contributed by atoms with Gasteiger partial charge in [-0.15, -0.1) is 0 Å². The van der Waals surface area contributed by atoms with Crippen LogP contribution in [0.25, 0.3) is 11.2 Å². The Balaban J connectivity index is 1.94. The summed E-state index contributed by atoms with van der Waals surface area (Å²) in [6, 6.07) is 0. The topological polar surface area (TPSA) is 144 Å². The number of unbranched alkanes of at least 4 members (excludes halogenated alkanes) is 3. The lowest BCUT2D eigenvalue weighted by molar-refractivity contribution is -0.166. The highest BCUT2D eigenvalue weighted by Crippen LogP contribution is 2.36. The fourth-order valence-corrected chi connectivity index (χ4v) is 4.34. The molecule has 12 nitrogen and oxygen atoms in total. The Bertz CT molecular complexity index is 1060. The van der Waals surface area contributed by atoms with Crippen LogP contribution < -0.4 is 5.32 Å². The number of carbonyl (C=O) groups is 3. The summed E-state index contributed by atoms with van der Waals surface area (Å²) in [7, 11) is 0. The monoisotopic (exact) mass is 603 g/mol. The van der Waals surface area contributed by atoms with Crippen molar-refractivity contribution in [2.75, 3.05) is 18.5 Å². The van der Waals surface area contributed by atoms with E-state index in [1.807, 2.05) is 22.6 Å². The Kier molecular flexibility index (Phi) is 9.60. The molecule has 2 aromatic heterocycles. The Hall–Kier alpha value is -2.55. The maximum atomic E-state index is 11.9. The molecule has 3 heterocycles. The molecule has 0 radical (unpaired) electrons. The van der Waals surface area contributed by atoms with Crippen molar-refractivity contribution in [1.82, 2.24) is 19.5 Å². The highest BCUT2D eigenvalue weighted by Gasteiger charge is 2.51. The molecule has 0 bridgehead atoms. The van der Waals surface area contributed by atoms with Crippen LogP contribution in [0, 0.1) is 3.83 Å². The van der Waals surface area contributed by atoms with Gasteiger partial charge in [0.05, 0.1) is 6.33 Å². The lowest BCUT2D eigenvalue weighted by atomic mass is 10.1. The summed E-state index contributed by atoms with van der Waals surface area (Å²) in [6.07, 6.45) is 2.12. The van der Waals surface area contributed by atoms with E-state index in [9.17, 15) is 14.4 Å². The number of nitrogens with one attached hydrogen (secondary N) is 1. The number of nitrogens with zero attached hydrogens (tertiary/aromatic N) is 4. The predicted molar refractivity (Wildman–Crippen MR) is 132 cm³/mol. The van der Waals surface area contributed by atoms with Gasteiger partial charge >= 0.3 is 17.9 Å². The van der Waals surface area contributed by atoms with E-state index in [1.54, 1.807) is 4.57 Å². The van der Waals surface area contributed by atoms with Crippen LogP contribution in [0.5, 0.6) is 0 Å². The minimum Gasteiger partial charge on any atom is -0.463 e.